The van der Waals surface area contributed by atoms with Crippen molar-refractivity contribution in [2.75, 3.05) is 27.7 Å². The standard InChI is InChI=1S/C17H32N4O3/c1-5-6-7-10-13-24-17(23)19-15(20(2)3)21(4)16(22)18-14-11-8-9-12-14/h14H,5-13H2,1-4H3,(H,18,22). The maximum Gasteiger partial charge on any atom is 0.436 e. The molecule has 1 saturated carbocycles. The minimum absolute atomic E-state index is 0.217. The molecule has 0 aliphatic heterocycles. The van der Waals surface area contributed by atoms with Crippen LogP contribution in [0.3, 0.4) is 0 Å². The van der Waals surface area contributed by atoms with Crippen LogP contribution in [0.15, 0.2) is 4.99 Å². The molecular weight excluding hydrogens is 308 g/mol. The van der Waals surface area contributed by atoms with Crippen molar-refractivity contribution in [3.05, 3.63) is 0 Å². The molecule has 1 N–H and O–H groups in total. The first kappa shape index (κ1) is 20.3. The Kier molecular flexibility index (Phi) is 9.19. The van der Waals surface area contributed by atoms with Gasteiger partial charge in [0, 0.05) is 27.2 Å². The Bertz CT molecular complexity index is 432. The van der Waals surface area contributed by atoms with Gasteiger partial charge < -0.3 is 15.0 Å². The fourth-order valence-electron chi connectivity index (χ4n) is 2.71. The Hall–Kier alpha value is -1.79. The number of rotatable bonds is 6. The molecule has 0 radical (unpaired) electrons. The Labute approximate surface area is 145 Å². The quantitative estimate of drug-likeness (QED) is 0.458. The number of nitrogens with one attached hydrogen (secondary N) is 1. The lowest BCUT2D eigenvalue weighted by Crippen LogP contribution is -2.49. The van der Waals surface area contributed by atoms with Crippen molar-refractivity contribution >= 4 is 18.1 Å². The Morgan fingerprint density at radius 1 is 1.12 bits per heavy atom. The first-order chi connectivity index (χ1) is 11.5. The van der Waals surface area contributed by atoms with Gasteiger partial charge in [0.05, 0.1) is 6.61 Å². The van der Waals surface area contributed by atoms with E-state index in [0.29, 0.717) is 6.61 Å². The summed E-state index contributed by atoms with van der Waals surface area (Å²) in [5.74, 6) is 0.268. The fourth-order valence-corrected chi connectivity index (χ4v) is 2.71. The molecule has 0 unspecified atom stereocenters. The molecule has 7 nitrogen and oxygen atoms in total. The SMILES string of the molecule is CCCCCCOC(=O)N=C(N(C)C)N(C)C(=O)NC1CCCC1. The van der Waals surface area contributed by atoms with Gasteiger partial charge in [0.25, 0.3) is 0 Å². The van der Waals surface area contributed by atoms with Crippen molar-refractivity contribution in [3.8, 4) is 0 Å². The van der Waals surface area contributed by atoms with Crippen molar-refractivity contribution in [2.45, 2.75) is 64.3 Å². The smallest absolute Gasteiger partial charge is 0.436 e. The van der Waals surface area contributed by atoms with Crippen molar-refractivity contribution in [3.63, 3.8) is 0 Å². The molecule has 7 heteroatoms. The van der Waals surface area contributed by atoms with E-state index < -0.39 is 6.09 Å². The van der Waals surface area contributed by atoms with E-state index in [1.165, 1.54) is 4.90 Å². The van der Waals surface area contributed by atoms with Crippen LogP contribution in [0.1, 0.15) is 58.3 Å². The number of carbonyl (C=O) groups excluding carboxylic acids is 2. The Morgan fingerprint density at radius 2 is 1.79 bits per heavy atom. The summed E-state index contributed by atoms with van der Waals surface area (Å²) in [5.41, 5.74) is 0. The van der Waals surface area contributed by atoms with Crippen molar-refractivity contribution < 1.29 is 14.3 Å². The van der Waals surface area contributed by atoms with Crippen molar-refractivity contribution in [2.24, 2.45) is 4.99 Å². The van der Waals surface area contributed by atoms with Crippen LogP contribution < -0.4 is 5.32 Å². The van der Waals surface area contributed by atoms with Crippen LogP contribution >= 0.6 is 0 Å². The summed E-state index contributed by atoms with van der Waals surface area (Å²) in [5, 5.41) is 2.98. The second-order valence-corrected chi connectivity index (χ2v) is 6.47. The van der Waals surface area contributed by atoms with E-state index in [2.05, 4.69) is 17.2 Å². The van der Waals surface area contributed by atoms with Crippen LogP contribution in [0.4, 0.5) is 9.59 Å². The molecule has 0 saturated heterocycles. The van der Waals surface area contributed by atoms with Crippen LogP contribution in [-0.4, -0.2) is 61.7 Å². The first-order valence-electron chi connectivity index (χ1n) is 8.92. The largest absolute Gasteiger partial charge is 0.448 e. The number of urea groups is 1. The number of carbonyl (C=O) groups is 2. The van der Waals surface area contributed by atoms with Gasteiger partial charge in [-0.2, -0.15) is 0 Å². The molecular formula is C17H32N4O3. The molecule has 0 aromatic rings. The van der Waals surface area contributed by atoms with Gasteiger partial charge in [-0.3, -0.25) is 4.90 Å². The molecule has 0 bridgehead atoms. The van der Waals surface area contributed by atoms with Crippen LogP contribution in [0, 0.1) is 0 Å². The predicted octanol–water partition coefficient (Wildman–Crippen LogP) is 3.20. The Balaban J connectivity index is 2.53. The Morgan fingerprint density at radius 3 is 2.38 bits per heavy atom. The van der Waals surface area contributed by atoms with Gasteiger partial charge in [0.2, 0.25) is 5.96 Å². The second-order valence-electron chi connectivity index (χ2n) is 6.47. The maximum absolute atomic E-state index is 12.3. The predicted molar refractivity (Wildman–Crippen MR) is 95.2 cm³/mol. The topological polar surface area (TPSA) is 74.2 Å². The van der Waals surface area contributed by atoms with Crippen LogP contribution in [0.5, 0.6) is 0 Å². The summed E-state index contributed by atoms with van der Waals surface area (Å²) >= 11 is 0. The van der Waals surface area contributed by atoms with E-state index in [0.717, 1.165) is 51.4 Å². The average Bonchev–Trinajstić information content (AvgIpc) is 3.04. The lowest BCUT2D eigenvalue weighted by Gasteiger charge is -2.26. The van der Waals surface area contributed by atoms with Crippen molar-refractivity contribution in [1.82, 2.24) is 15.1 Å². The summed E-state index contributed by atoms with van der Waals surface area (Å²) < 4.78 is 5.12. The zero-order valence-corrected chi connectivity index (χ0v) is 15.5. The van der Waals surface area contributed by atoms with Crippen molar-refractivity contribution in [1.29, 1.82) is 0 Å². The van der Waals surface area contributed by atoms with Gasteiger partial charge in [0.15, 0.2) is 0 Å². The third-order valence-electron chi connectivity index (χ3n) is 4.10. The van der Waals surface area contributed by atoms with E-state index in [9.17, 15) is 9.59 Å². The molecule has 3 amide bonds. The summed E-state index contributed by atoms with van der Waals surface area (Å²) in [6, 6.07) is -0.0287. The van der Waals surface area contributed by atoms with E-state index in [-0.39, 0.29) is 18.0 Å². The van der Waals surface area contributed by atoms with Gasteiger partial charge >= 0.3 is 12.1 Å². The molecule has 24 heavy (non-hydrogen) atoms. The minimum Gasteiger partial charge on any atom is -0.448 e. The summed E-state index contributed by atoms with van der Waals surface area (Å²) in [6.45, 7) is 2.49. The van der Waals surface area contributed by atoms with Crippen LogP contribution in [0.25, 0.3) is 0 Å². The highest BCUT2D eigenvalue weighted by Crippen LogP contribution is 2.17. The normalized spacial score (nSPS) is 15.2. The first-order valence-corrected chi connectivity index (χ1v) is 8.92. The minimum atomic E-state index is -0.657. The lowest BCUT2D eigenvalue weighted by atomic mass is 10.2. The molecule has 138 valence electrons. The summed E-state index contributed by atoms with van der Waals surface area (Å²) in [4.78, 5) is 31.1. The second kappa shape index (κ2) is 10.9. The van der Waals surface area contributed by atoms with E-state index in [4.69, 9.17) is 4.74 Å². The number of aliphatic imine (C=N–C) groups is 1. The number of nitrogens with zero attached hydrogens (tertiary/aromatic N) is 3. The monoisotopic (exact) mass is 340 g/mol. The molecule has 1 rings (SSSR count). The molecule has 1 aliphatic rings. The van der Waals surface area contributed by atoms with Crippen LogP contribution in [-0.2, 0) is 4.74 Å². The fraction of sp³-hybridized carbons (Fsp3) is 0.824. The van der Waals surface area contributed by atoms with E-state index in [1.54, 1.807) is 26.0 Å². The molecule has 1 fully saturated rings. The number of hydrogen-bond acceptors (Lipinski definition) is 3. The summed E-state index contributed by atoms with van der Waals surface area (Å²) in [6.07, 6.45) is 7.80. The molecule has 1 aliphatic carbocycles. The average molecular weight is 340 g/mol. The third kappa shape index (κ3) is 7.19. The number of hydrogen-bond donors (Lipinski definition) is 1. The third-order valence-corrected chi connectivity index (χ3v) is 4.10. The molecule has 0 heterocycles. The molecule has 0 spiro atoms. The van der Waals surface area contributed by atoms with Gasteiger partial charge in [-0.1, -0.05) is 39.0 Å². The number of guanidine groups is 1. The van der Waals surface area contributed by atoms with E-state index in [1.807, 2.05) is 0 Å². The zero-order valence-electron chi connectivity index (χ0n) is 15.5. The molecule has 0 aromatic carbocycles. The van der Waals surface area contributed by atoms with Gasteiger partial charge in [-0.25, -0.2) is 9.59 Å². The van der Waals surface area contributed by atoms with Gasteiger partial charge in [0.1, 0.15) is 0 Å². The number of amides is 3. The summed E-state index contributed by atoms with van der Waals surface area (Å²) in [7, 11) is 5.09. The molecule has 0 atom stereocenters. The zero-order chi connectivity index (χ0) is 17.9. The number of unbranched alkanes of at least 4 members (excludes halogenated alkanes) is 3. The maximum atomic E-state index is 12.3. The van der Waals surface area contributed by atoms with Gasteiger partial charge in [-0.05, 0) is 19.3 Å². The molecule has 0 aromatic heterocycles. The van der Waals surface area contributed by atoms with Crippen LogP contribution in [0.2, 0.25) is 0 Å². The lowest BCUT2D eigenvalue weighted by molar-refractivity contribution is 0.154. The van der Waals surface area contributed by atoms with E-state index >= 15 is 0 Å². The highest BCUT2D eigenvalue weighted by Gasteiger charge is 2.23. The highest BCUT2D eigenvalue weighted by molar-refractivity contribution is 5.99. The van der Waals surface area contributed by atoms with Gasteiger partial charge in [-0.15, -0.1) is 4.99 Å². The number of ether oxygens (including phenoxy) is 1. The highest BCUT2D eigenvalue weighted by atomic mass is 16.5.